The lowest BCUT2D eigenvalue weighted by molar-refractivity contribution is -0.116. The van der Waals surface area contributed by atoms with E-state index in [4.69, 9.17) is 16.3 Å². The van der Waals surface area contributed by atoms with E-state index >= 15 is 0 Å². The highest BCUT2D eigenvalue weighted by atomic mass is 35.5. The van der Waals surface area contributed by atoms with Gasteiger partial charge in [0.15, 0.2) is 5.16 Å². The number of aryl methyl sites for hydroxylation is 1. The van der Waals surface area contributed by atoms with Gasteiger partial charge in [-0.15, -0.1) is 0 Å². The summed E-state index contributed by atoms with van der Waals surface area (Å²) in [6.07, 6.45) is 3.07. The van der Waals surface area contributed by atoms with E-state index in [-0.39, 0.29) is 5.91 Å². The fraction of sp³-hybridized carbons (Fsp3) is 0.214. The van der Waals surface area contributed by atoms with Crippen LogP contribution in [0.25, 0.3) is 0 Å². The van der Waals surface area contributed by atoms with Crippen LogP contribution in [0.4, 0.5) is 5.69 Å². The first-order valence-corrected chi connectivity index (χ1v) is 7.93. The molecular weight excluding hydrogens is 310 g/mol. The topological polar surface area (TPSA) is 64.1 Å². The maximum absolute atomic E-state index is 11.3. The molecule has 108 valence electrons. The number of nitrogens with zero attached hydrogens (tertiary/aromatic N) is 2. The number of carbonyl (C=O) groups excluding carboxylic acids is 1. The van der Waals surface area contributed by atoms with E-state index < -0.39 is 0 Å². The number of hydrogen-bond donors (Lipinski definition) is 1. The third kappa shape index (κ3) is 3.28. The normalized spacial score (nSPS) is 13.5. The number of carbonyl (C=O) groups is 1. The van der Waals surface area contributed by atoms with Gasteiger partial charge in [-0.1, -0.05) is 23.4 Å². The highest BCUT2D eigenvalue weighted by Gasteiger charge is 2.15. The SMILES string of the molecule is CSc1nc(Cl)cc(Oc2ccc3c(c2)CCC(=O)N3)n1. The van der Waals surface area contributed by atoms with Crippen molar-refractivity contribution < 1.29 is 9.53 Å². The van der Waals surface area contributed by atoms with Gasteiger partial charge in [-0.25, -0.2) is 4.98 Å². The van der Waals surface area contributed by atoms with Crippen LogP contribution in [-0.2, 0) is 11.2 Å². The number of anilines is 1. The molecular formula is C14H12ClN3O2S. The van der Waals surface area contributed by atoms with Crippen molar-refractivity contribution in [3.05, 3.63) is 35.0 Å². The van der Waals surface area contributed by atoms with E-state index in [1.807, 2.05) is 18.4 Å². The molecule has 5 nitrogen and oxygen atoms in total. The van der Waals surface area contributed by atoms with Crippen molar-refractivity contribution in [1.29, 1.82) is 0 Å². The molecule has 3 rings (SSSR count). The molecule has 0 unspecified atom stereocenters. The Balaban J connectivity index is 1.85. The number of halogens is 1. The number of nitrogens with one attached hydrogen (secondary N) is 1. The molecule has 0 spiro atoms. The van der Waals surface area contributed by atoms with Crippen molar-refractivity contribution in [2.75, 3.05) is 11.6 Å². The van der Waals surface area contributed by atoms with E-state index in [9.17, 15) is 4.79 Å². The Bertz CT molecular complexity index is 709. The van der Waals surface area contributed by atoms with Crippen LogP contribution in [0, 0.1) is 0 Å². The number of fused-ring (bicyclic) bond motifs is 1. The summed E-state index contributed by atoms with van der Waals surface area (Å²) in [7, 11) is 0. The van der Waals surface area contributed by atoms with Gasteiger partial charge in [0.1, 0.15) is 10.9 Å². The van der Waals surface area contributed by atoms with E-state index in [2.05, 4.69) is 15.3 Å². The summed E-state index contributed by atoms with van der Waals surface area (Å²) in [5.74, 6) is 1.11. The highest BCUT2D eigenvalue weighted by Crippen LogP contribution is 2.30. The maximum Gasteiger partial charge on any atom is 0.224 e. The molecule has 7 heteroatoms. The molecule has 0 bridgehead atoms. The molecule has 1 N–H and O–H groups in total. The summed E-state index contributed by atoms with van der Waals surface area (Å²) < 4.78 is 5.73. The average molecular weight is 322 g/mol. The summed E-state index contributed by atoms with van der Waals surface area (Å²) in [5, 5.41) is 3.73. The molecule has 0 saturated carbocycles. The van der Waals surface area contributed by atoms with Crippen LogP contribution in [0.15, 0.2) is 29.4 Å². The molecule has 0 aliphatic carbocycles. The van der Waals surface area contributed by atoms with Crippen LogP contribution in [0.1, 0.15) is 12.0 Å². The van der Waals surface area contributed by atoms with Crippen LogP contribution >= 0.6 is 23.4 Å². The van der Waals surface area contributed by atoms with Crippen LogP contribution in [-0.4, -0.2) is 22.1 Å². The van der Waals surface area contributed by atoms with E-state index in [1.54, 1.807) is 12.1 Å². The van der Waals surface area contributed by atoms with Gasteiger partial charge in [0.05, 0.1) is 0 Å². The lowest BCUT2D eigenvalue weighted by Crippen LogP contribution is -2.18. The third-order valence-electron chi connectivity index (χ3n) is 3.03. The molecule has 1 aromatic carbocycles. The summed E-state index contributed by atoms with van der Waals surface area (Å²) in [4.78, 5) is 19.6. The highest BCUT2D eigenvalue weighted by molar-refractivity contribution is 7.98. The zero-order chi connectivity index (χ0) is 14.8. The van der Waals surface area contributed by atoms with Crippen LogP contribution in [0.5, 0.6) is 11.6 Å². The number of benzene rings is 1. The van der Waals surface area contributed by atoms with Gasteiger partial charge < -0.3 is 10.1 Å². The predicted molar refractivity (Wildman–Crippen MR) is 82.3 cm³/mol. The van der Waals surface area contributed by atoms with Crippen molar-refractivity contribution >= 4 is 35.0 Å². The predicted octanol–water partition coefficient (Wildman–Crippen LogP) is 3.53. The molecule has 0 fully saturated rings. The first kappa shape index (κ1) is 14.2. The van der Waals surface area contributed by atoms with E-state index in [0.717, 1.165) is 11.3 Å². The fourth-order valence-electron chi connectivity index (χ4n) is 2.06. The Hall–Kier alpha value is -1.79. The maximum atomic E-state index is 11.3. The Kier molecular flexibility index (Phi) is 3.98. The minimum Gasteiger partial charge on any atom is -0.439 e. The van der Waals surface area contributed by atoms with Crippen molar-refractivity contribution in [1.82, 2.24) is 9.97 Å². The molecule has 1 aliphatic heterocycles. The zero-order valence-corrected chi connectivity index (χ0v) is 12.8. The summed E-state index contributed by atoms with van der Waals surface area (Å²) in [6, 6.07) is 7.10. The largest absolute Gasteiger partial charge is 0.439 e. The number of hydrogen-bond acceptors (Lipinski definition) is 5. The Morgan fingerprint density at radius 1 is 1.29 bits per heavy atom. The second-order valence-corrected chi connectivity index (χ2v) is 5.65. The van der Waals surface area contributed by atoms with Gasteiger partial charge in [0, 0.05) is 18.2 Å². The first-order valence-electron chi connectivity index (χ1n) is 6.33. The minimum atomic E-state index is 0.0448. The smallest absolute Gasteiger partial charge is 0.224 e. The third-order valence-corrected chi connectivity index (χ3v) is 3.77. The standard InChI is InChI=1S/C14H12ClN3O2S/c1-21-14-17-11(15)7-13(18-14)20-9-3-4-10-8(6-9)2-5-12(19)16-10/h3-4,6-7H,2,5H2,1H3,(H,16,19). The summed E-state index contributed by atoms with van der Waals surface area (Å²) in [5.41, 5.74) is 1.89. The second-order valence-electron chi connectivity index (χ2n) is 4.48. The molecule has 2 aromatic rings. The molecule has 1 amide bonds. The van der Waals surface area contributed by atoms with Gasteiger partial charge in [0.2, 0.25) is 11.8 Å². The van der Waals surface area contributed by atoms with Gasteiger partial charge in [-0.2, -0.15) is 4.98 Å². The number of amides is 1. The average Bonchev–Trinajstić information content (AvgIpc) is 2.47. The van der Waals surface area contributed by atoms with Gasteiger partial charge >= 0.3 is 0 Å². The van der Waals surface area contributed by atoms with Crippen LogP contribution in [0.2, 0.25) is 5.15 Å². The van der Waals surface area contributed by atoms with Gasteiger partial charge in [-0.05, 0) is 36.4 Å². The molecule has 0 atom stereocenters. The number of thioether (sulfide) groups is 1. The number of rotatable bonds is 3. The van der Waals surface area contributed by atoms with E-state index in [0.29, 0.717) is 34.8 Å². The minimum absolute atomic E-state index is 0.0448. The van der Waals surface area contributed by atoms with Gasteiger partial charge in [0.25, 0.3) is 0 Å². The monoisotopic (exact) mass is 321 g/mol. The van der Waals surface area contributed by atoms with Crippen molar-refractivity contribution in [2.24, 2.45) is 0 Å². The number of ether oxygens (including phenoxy) is 1. The quantitative estimate of drug-likeness (QED) is 0.532. The lowest BCUT2D eigenvalue weighted by atomic mass is 10.0. The second kappa shape index (κ2) is 5.91. The molecule has 0 saturated heterocycles. The van der Waals surface area contributed by atoms with Crippen LogP contribution in [0.3, 0.4) is 0 Å². The van der Waals surface area contributed by atoms with E-state index in [1.165, 1.54) is 11.8 Å². The zero-order valence-electron chi connectivity index (χ0n) is 11.2. The molecule has 2 heterocycles. The van der Waals surface area contributed by atoms with Crippen molar-refractivity contribution in [3.8, 4) is 11.6 Å². The first-order chi connectivity index (χ1) is 10.1. The summed E-state index contributed by atoms with van der Waals surface area (Å²) in [6.45, 7) is 0. The van der Waals surface area contributed by atoms with Crippen molar-refractivity contribution in [2.45, 2.75) is 18.0 Å². The van der Waals surface area contributed by atoms with Gasteiger partial charge in [-0.3, -0.25) is 4.79 Å². The molecule has 1 aliphatic rings. The Morgan fingerprint density at radius 3 is 2.95 bits per heavy atom. The number of aromatic nitrogens is 2. The fourth-order valence-corrected chi connectivity index (χ4v) is 2.66. The van der Waals surface area contributed by atoms with Crippen molar-refractivity contribution in [3.63, 3.8) is 0 Å². The molecule has 21 heavy (non-hydrogen) atoms. The Labute approximate surface area is 131 Å². The molecule has 0 radical (unpaired) electrons. The Morgan fingerprint density at radius 2 is 2.14 bits per heavy atom. The molecule has 1 aromatic heterocycles. The van der Waals surface area contributed by atoms with Crippen LogP contribution < -0.4 is 10.1 Å². The lowest BCUT2D eigenvalue weighted by Gasteiger charge is -2.17. The summed E-state index contributed by atoms with van der Waals surface area (Å²) >= 11 is 7.33.